The Morgan fingerprint density at radius 3 is 2.27 bits per heavy atom. The smallest absolute Gasteiger partial charge is 0.354 e. The molecule has 22 heavy (non-hydrogen) atoms. The van der Waals surface area contributed by atoms with Crippen LogP contribution in [0.3, 0.4) is 0 Å². The van der Waals surface area contributed by atoms with E-state index in [1.807, 2.05) is 32.9 Å². The molecule has 3 nitrogen and oxygen atoms in total. The van der Waals surface area contributed by atoms with Gasteiger partial charge in [-0.2, -0.15) is 13.2 Å². The van der Waals surface area contributed by atoms with Gasteiger partial charge >= 0.3 is 6.18 Å². The van der Waals surface area contributed by atoms with E-state index in [4.69, 9.17) is 0 Å². The topological polar surface area (TPSA) is 37.8 Å². The maximum atomic E-state index is 13.0. The first kappa shape index (κ1) is 16.3. The van der Waals surface area contributed by atoms with E-state index in [0.717, 1.165) is 11.6 Å². The second-order valence-corrected chi connectivity index (χ2v) is 5.60. The van der Waals surface area contributed by atoms with Crippen molar-refractivity contribution in [1.29, 1.82) is 0 Å². The number of hydrogen-bond acceptors (Lipinski definition) is 3. The Morgan fingerprint density at radius 2 is 1.73 bits per heavy atom. The van der Waals surface area contributed by atoms with Crippen LogP contribution in [0.5, 0.6) is 0 Å². The molecule has 0 atom stereocenters. The number of alkyl halides is 3. The number of nitrogens with zero attached hydrogens (tertiary/aromatic N) is 2. The van der Waals surface area contributed by atoms with Gasteiger partial charge < -0.3 is 5.32 Å². The van der Waals surface area contributed by atoms with Crippen LogP contribution >= 0.6 is 0 Å². The van der Waals surface area contributed by atoms with Crippen molar-refractivity contribution in [2.45, 2.75) is 26.9 Å². The Labute approximate surface area is 127 Å². The van der Waals surface area contributed by atoms with E-state index >= 15 is 0 Å². The fraction of sp³-hybridized carbons (Fsp3) is 0.375. The van der Waals surface area contributed by atoms with Crippen molar-refractivity contribution < 1.29 is 13.2 Å². The lowest BCUT2D eigenvalue weighted by Crippen LogP contribution is -2.15. The van der Waals surface area contributed by atoms with Crippen molar-refractivity contribution in [2.24, 2.45) is 5.92 Å². The lowest BCUT2D eigenvalue weighted by molar-refractivity contribution is -0.141. The zero-order valence-electron chi connectivity index (χ0n) is 12.7. The van der Waals surface area contributed by atoms with E-state index in [2.05, 4.69) is 15.3 Å². The molecule has 0 amide bonds. The molecule has 2 rings (SSSR count). The quantitative estimate of drug-likeness (QED) is 0.901. The van der Waals surface area contributed by atoms with Crippen molar-refractivity contribution in [2.75, 3.05) is 11.9 Å². The Balaban J connectivity index is 2.43. The number of nitrogens with one attached hydrogen (secondary N) is 1. The number of rotatable bonds is 4. The molecule has 6 heteroatoms. The van der Waals surface area contributed by atoms with E-state index in [0.29, 0.717) is 12.1 Å². The summed E-state index contributed by atoms with van der Waals surface area (Å²) in [5.41, 5.74) is 0.982. The summed E-state index contributed by atoms with van der Waals surface area (Å²) in [5, 5.41) is 2.86. The van der Waals surface area contributed by atoms with Gasteiger partial charge in [-0.1, -0.05) is 43.7 Å². The molecule has 0 spiro atoms. The average Bonchev–Trinajstić information content (AvgIpc) is 2.44. The minimum Gasteiger partial charge on any atom is -0.354 e. The third-order valence-electron chi connectivity index (χ3n) is 3.03. The molecule has 0 aliphatic carbocycles. The summed E-state index contributed by atoms with van der Waals surface area (Å²) in [6.07, 6.45) is -4.50. The van der Waals surface area contributed by atoms with E-state index in [1.165, 1.54) is 0 Å². The van der Waals surface area contributed by atoms with Gasteiger partial charge in [-0.25, -0.2) is 9.97 Å². The van der Waals surface area contributed by atoms with Crippen molar-refractivity contribution in [3.05, 3.63) is 41.6 Å². The first-order valence-corrected chi connectivity index (χ1v) is 7.03. The van der Waals surface area contributed by atoms with Gasteiger partial charge in [0.1, 0.15) is 0 Å². The zero-order valence-corrected chi connectivity index (χ0v) is 12.7. The fourth-order valence-corrected chi connectivity index (χ4v) is 1.84. The van der Waals surface area contributed by atoms with Crippen LogP contribution in [0, 0.1) is 12.8 Å². The molecular weight excluding hydrogens is 291 g/mol. The molecule has 0 saturated carbocycles. The summed E-state index contributed by atoms with van der Waals surface area (Å²) in [4.78, 5) is 7.77. The number of hydrogen-bond donors (Lipinski definition) is 1. The minimum atomic E-state index is -4.50. The van der Waals surface area contributed by atoms with Crippen LogP contribution < -0.4 is 5.32 Å². The molecule has 1 aromatic carbocycles. The lowest BCUT2D eigenvalue weighted by Gasteiger charge is -2.13. The largest absolute Gasteiger partial charge is 0.433 e. The first-order valence-electron chi connectivity index (χ1n) is 7.03. The van der Waals surface area contributed by atoms with Gasteiger partial charge in [0, 0.05) is 12.1 Å². The summed E-state index contributed by atoms with van der Waals surface area (Å²) in [7, 11) is 0. The highest BCUT2D eigenvalue weighted by Gasteiger charge is 2.33. The Kier molecular flexibility index (Phi) is 4.68. The maximum absolute atomic E-state index is 13.0. The van der Waals surface area contributed by atoms with Crippen LogP contribution in [-0.2, 0) is 6.18 Å². The number of benzene rings is 1. The molecule has 0 unspecified atom stereocenters. The van der Waals surface area contributed by atoms with Gasteiger partial charge in [-0.15, -0.1) is 0 Å². The standard InChI is InChI=1S/C16H18F3N3/c1-10(2)9-20-15-21-13(8-14(22-15)16(17,18)19)12-6-4-11(3)5-7-12/h4-8,10H,9H2,1-3H3,(H,20,21,22). The monoisotopic (exact) mass is 309 g/mol. The normalized spacial score (nSPS) is 11.8. The molecule has 118 valence electrons. The predicted molar refractivity (Wildman–Crippen MR) is 80.5 cm³/mol. The lowest BCUT2D eigenvalue weighted by atomic mass is 10.1. The molecule has 0 radical (unpaired) electrons. The second-order valence-electron chi connectivity index (χ2n) is 5.60. The second kappa shape index (κ2) is 6.34. The molecule has 1 heterocycles. The van der Waals surface area contributed by atoms with Gasteiger partial charge in [0.15, 0.2) is 5.69 Å². The van der Waals surface area contributed by atoms with Crippen LogP contribution in [0.25, 0.3) is 11.3 Å². The fourth-order valence-electron chi connectivity index (χ4n) is 1.84. The molecule has 0 fully saturated rings. The van der Waals surface area contributed by atoms with E-state index < -0.39 is 11.9 Å². The van der Waals surface area contributed by atoms with Gasteiger partial charge in [-0.05, 0) is 18.9 Å². The summed E-state index contributed by atoms with van der Waals surface area (Å²) in [5.74, 6) is 0.278. The number of anilines is 1. The highest BCUT2D eigenvalue weighted by Crippen LogP contribution is 2.31. The van der Waals surface area contributed by atoms with E-state index in [-0.39, 0.29) is 17.6 Å². The van der Waals surface area contributed by atoms with Gasteiger partial charge in [-0.3, -0.25) is 0 Å². The van der Waals surface area contributed by atoms with E-state index in [9.17, 15) is 13.2 Å². The predicted octanol–water partition coefficient (Wildman–Crippen LogP) is 4.54. The Hall–Kier alpha value is -2.11. The Bertz CT molecular complexity index is 634. The van der Waals surface area contributed by atoms with Crippen molar-refractivity contribution in [3.63, 3.8) is 0 Å². The minimum absolute atomic E-state index is 0.000833. The molecular formula is C16H18F3N3. The van der Waals surface area contributed by atoms with Gasteiger partial charge in [0.2, 0.25) is 5.95 Å². The van der Waals surface area contributed by atoms with Crippen LogP contribution in [-0.4, -0.2) is 16.5 Å². The number of aromatic nitrogens is 2. The average molecular weight is 309 g/mol. The summed E-state index contributed by atoms with van der Waals surface area (Å²) in [6, 6.07) is 8.16. The molecule has 0 aliphatic heterocycles. The third kappa shape index (κ3) is 4.19. The van der Waals surface area contributed by atoms with Crippen molar-refractivity contribution in [1.82, 2.24) is 9.97 Å². The first-order chi connectivity index (χ1) is 10.3. The highest BCUT2D eigenvalue weighted by molar-refractivity contribution is 5.61. The van der Waals surface area contributed by atoms with Crippen LogP contribution in [0.2, 0.25) is 0 Å². The summed E-state index contributed by atoms with van der Waals surface area (Å²) >= 11 is 0. The number of halogens is 3. The molecule has 1 aromatic heterocycles. The molecule has 0 aliphatic rings. The molecule has 0 bridgehead atoms. The van der Waals surface area contributed by atoms with Crippen LogP contribution in [0.4, 0.5) is 19.1 Å². The number of aryl methyl sites for hydroxylation is 1. The van der Waals surface area contributed by atoms with Crippen LogP contribution in [0.1, 0.15) is 25.1 Å². The van der Waals surface area contributed by atoms with Crippen LogP contribution in [0.15, 0.2) is 30.3 Å². The van der Waals surface area contributed by atoms with Gasteiger partial charge in [0.05, 0.1) is 5.69 Å². The molecule has 2 aromatic rings. The molecule has 1 N–H and O–H groups in total. The SMILES string of the molecule is Cc1ccc(-c2cc(C(F)(F)F)nc(NCC(C)C)n2)cc1. The third-order valence-corrected chi connectivity index (χ3v) is 3.03. The summed E-state index contributed by atoms with van der Waals surface area (Å²) in [6.45, 7) is 6.35. The maximum Gasteiger partial charge on any atom is 0.433 e. The molecule has 0 saturated heterocycles. The Morgan fingerprint density at radius 1 is 1.09 bits per heavy atom. The van der Waals surface area contributed by atoms with Gasteiger partial charge in [0.25, 0.3) is 0 Å². The summed E-state index contributed by atoms with van der Waals surface area (Å²) < 4.78 is 39.0. The van der Waals surface area contributed by atoms with Crippen molar-refractivity contribution in [3.8, 4) is 11.3 Å². The zero-order chi connectivity index (χ0) is 16.3. The van der Waals surface area contributed by atoms with E-state index in [1.54, 1.807) is 12.1 Å². The highest BCUT2D eigenvalue weighted by atomic mass is 19.4. The van der Waals surface area contributed by atoms with Crippen molar-refractivity contribution >= 4 is 5.95 Å².